The molecule has 18 heavy (non-hydrogen) atoms. The number of hydrogen-bond donors (Lipinski definition) is 2. The second-order valence-corrected chi connectivity index (χ2v) is 3.65. The van der Waals surface area contributed by atoms with Crippen LogP contribution in [0.3, 0.4) is 0 Å². The Labute approximate surface area is 103 Å². The number of hydrogen-bond acceptors (Lipinski definition) is 6. The van der Waals surface area contributed by atoms with Crippen molar-refractivity contribution in [1.82, 2.24) is 4.98 Å². The summed E-state index contributed by atoms with van der Waals surface area (Å²) in [6.45, 7) is 0.557. The normalized spacial score (nSPS) is 10.2. The first-order chi connectivity index (χ1) is 8.65. The van der Waals surface area contributed by atoms with Crippen LogP contribution >= 0.6 is 0 Å². The van der Waals surface area contributed by atoms with Crippen LogP contribution in [0.15, 0.2) is 34.9 Å². The number of nitrogens with zero attached hydrogens (tertiary/aromatic N) is 2. The molecule has 0 aliphatic carbocycles. The Bertz CT molecular complexity index is 539. The predicted molar refractivity (Wildman–Crippen MR) is 66.2 cm³/mol. The van der Waals surface area contributed by atoms with Gasteiger partial charge in [-0.25, -0.2) is 4.98 Å². The van der Waals surface area contributed by atoms with Gasteiger partial charge in [-0.05, 0) is 12.1 Å². The van der Waals surface area contributed by atoms with E-state index in [1.807, 2.05) is 6.07 Å². The molecule has 0 spiro atoms. The molecule has 0 aliphatic rings. The Morgan fingerprint density at radius 1 is 1.50 bits per heavy atom. The van der Waals surface area contributed by atoms with Crippen molar-refractivity contribution in [2.75, 3.05) is 17.6 Å². The number of nitrogens with two attached hydrogens (primary N) is 1. The molecule has 0 saturated carbocycles. The van der Waals surface area contributed by atoms with Crippen LogP contribution in [0, 0.1) is 10.1 Å². The van der Waals surface area contributed by atoms with Crippen LogP contribution in [0.4, 0.5) is 17.3 Å². The van der Waals surface area contributed by atoms with E-state index in [1.165, 1.54) is 12.1 Å². The molecule has 7 nitrogen and oxygen atoms in total. The summed E-state index contributed by atoms with van der Waals surface area (Å²) in [6.07, 6.45) is 2.26. The number of nitrogens with one attached hydrogen (secondary N) is 1. The Morgan fingerprint density at radius 2 is 2.33 bits per heavy atom. The summed E-state index contributed by atoms with van der Waals surface area (Å²) in [4.78, 5) is 14.1. The molecule has 2 aromatic heterocycles. The zero-order valence-electron chi connectivity index (χ0n) is 9.50. The summed E-state index contributed by atoms with van der Waals surface area (Å²) < 4.78 is 5.16. The number of aromatic nitrogens is 1. The van der Waals surface area contributed by atoms with Crippen LogP contribution in [-0.2, 0) is 6.42 Å². The van der Waals surface area contributed by atoms with Gasteiger partial charge in [0.15, 0.2) is 0 Å². The highest BCUT2D eigenvalue weighted by molar-refractivity contribution is 5.52. The van der Waals surface area contributed by atoms with Crippen LogP contribution in [0.25, 0.3) is 0 Å². The van der Waals surface area contributed by atoms with E-state index in [2.05, 4.69) is 10.3 Å². The van der Waals surface area contributed by atoms with Crippen LogP contribution < -0.4 is 11.1 Å². The van der Waals surface area contributed by atoms with Crippen molar-refractivity contribution in [3.05, 3.63) is 46.4 Å². The summed E-state index contributed by atoms with van der Waals surface area (Å²) >= 11 is 0. The van der Waals surface area contributed by atoms with E-state index in [1.54, 1.807) is 12.3 Å². The van der Waals surface area contributed by atoms with Gasteiger partial charge < -0.3 is 15.5 Å². The van der Waals surface area contributed by atoms with Crippen LogP contribution in [0.1, 0.15) is 5.76 Å². The lowest BCUT2D eigenvalue weighted by atomic mass is 10.3. The minimum Gasteiger partial charge on any atom is -0.469 e. The fourth-order valence-electron chi connectivity index (χ4n) is 1.50. The van der Waals surface area contributed by atoms with E-state index < -0.39 is 4.92 Å². The molecule has 2 heterocycles. The fraction of sp³-hybridized carbons (Fsp3) is 0.182. The van der Waals surface area contributed by atoms with Gasteiger partial charge in [0.1, 0.15) is 17.4 Å². The average molecular weight is 248 g/mol. The maximum absolute atomic E-state index is 10.6. The van der Waals surface area contributed by atoms with E-state index in [9.17, 15) is 10.1 Å². The quantitative estimate of drug-likeness (QED) is 0.617. The fourth-order valence-corrected chi connectivity index (χ4v) is 1.50. The Balaban J connectivity index is 1.98. The van der Waals surface area contributed by atoms with Gasteiger partial charge in [0.25, 0.3) is 5.69 Å². The largest absolute Gasteiger partial charge is 0.469 e. The highest BCUT2D eigenvalue weighted by atomic mass is 16.6. The van der Waals surface area contributed by atoms with E-state index in [0.29, 0.717) is 18.8 Å². The highest BCUT2D eigenvalue weighted by Gasteiger charge is 2.09. The van der Waals surface area contributed by atoms with Crippen LogP contribution in [-0.4, -0.2) is 16.5 Å². The van der Waals surface area contributed by atoms with Crippen molar-refractivity contribution in [3.8, 4) is 0 Å². The van der Waals surface area contributed by atoms with Crippen LogP contribution in [0.5, 0.6) is 0 Å². The monoisotopic (exact) mass is 248 g/mol. The van der Waals surface area contributed by atoms with Crippen LogP contribution in [0.2, 0.25) is 0 Å². The van der Waals surface area contributed by atoms with Crippen molar-refractivity contribution in [1.29, 1.82) is 0 Å². The molecular formula is C11H12N4O3. The average Bonchev–Trinajstić information content (AvgIpc) is 2.81. The molecule has 0 atom stereocenters. The molecule has 94 valence electrons. The number of pyridine rings is 1. The lowest BCUT2D eigenvalue weighted by molar-refractivity contribution is -0.384. The molecule has 0 unspecified atom stereocenters. The molecule has 0 bridgehead atoms. The van der Waals surface area contributed by atoms with Gasteiger partial charge in [0, 0.05) is 13.0 Å². The highest BCUT2D eigenvalue weighted by Crippen LogP contribution is 2.18. The lowest BCUT2D eigenvalue weighted by Crippen LogP contribution is -2.07. The predicted octanol–water partition coefficient (Wildman–Crippen LogP) is 1.82. The summed E-state index contributed by atoms with van der Waals surface area (Å²) in [5.41, 5.74) is 5.41. The van der Waals surface area contributed by atoms with E-state index >= 15 is 0 Å². The van der Waals surface area contributed by atoms with E-state index in [0.717, 1.165) is 5.76 Å². The third-order valence-corrected chi connectivity index (χ3v) is 2.30. The van der Waals surface area contributed by atoms with Crippen molar-refractivity contribution >= 4 is 17.3 Å². The lowest BCUT2D eigenvalue weighted by Gasteiger charge is -2.05. The van der Waals surface area contributed by atoms with Gasteiger partial charge in [-0.3, -0.25) is 10.1 Å². The number of nitro groups is 1. The minimum atomic E-state index is -0.504. The Morgan fingerprint density at radius 3 is 3.00 bits per heavy atom. The summed E-state index contributed by atoms with van der Waals surface area (Å²) in [6, 6.07) is 6.23. The Kier molecular flexibility index (Phi) is 3.42. The number of nitrogen functional groups attached to an aromatic ring is 1. The molecule has 0 aliphatic heterocycles. The molecule has 7 heteroatoms. The summed E-state index contributed by atoms with van der Waals surface area (Å²) in [7, 11) is 0. The van der Waals surface area contributed by atoms with Gasteiger partial charge in [-0.15, -0.1) is 0 Å². The molecule has 0 aromatic carbocycles. The van der Waals surface area contributed by atoms with Crippen molar-refractivity contribution < 1.29 is 9.34 Å². The smallest absolute Gasteiger partial charge is 0.276 e. The first-order valence-corrected chi connectivity index (χ1v) is 5.33. The minimum absolute atomic E-state index is 0.0806. The third-order valence-electron chi connectivity index (χ3n) is 2.30. The van der Waals surface area contributed by atoms with E-state index in [-0.39, 0.29) is 11.5 Å². The number of furan rings is 1. The molecule has 2 aromatic rings. The molecule has 3 N–H and O–H groups in total. The third kappa shape index (κ3) is 2.97. The van der Waals surface area contributed by atoms with Gasteiger partial charge in [0.05, 0.1) is 23.3 Å². The second-order valence-electron chi connectivity index (χ2n) is 3.65. The maximum Gasteiger partial charge on any atom is 0.276 e. The first-order valence-electron chi connectivity index (χ1n) is 5.33. The SMILES string of the molecule is Nc1cc([N+](=O)[O-])cc(NCCc2ccco2)n1. The molecule has 0 fully saturated rings. The van der Waals surface area contributed by atoms with Gasteiger partial charge >= 0.3 is 0 Å². The molecular weight excluding hydrogens is 236 g/mol. The molecule has 2 rings (SSSR count). The topological polar surface area (TPSA) is 107 Å². The van der Waals surface area contributed by atoms with Gasteiger partial charge in [0.2, 0.25) is 0 Å². The van der Waals surface area contributed by atoms with Crippen molar-refractivity contribution in [3.63, 3.8) is 0 Å². The zero-order chi connectivity index (χ0) is 13.0. The maximum atomic E-state index is 10.6. The van der Waals surface area contributed by atoms with Gasteiger partial charge in [-0.1, -0.05) is 0 Å². The molecule has 0 amide bonds. The van der Waals surface area contributed by atoms with Crippen molar-refractivity contribution in [2.45, 2.75) is 6.42 Å². The Hall–Kier alpha value is -2.57. The first kappa shape index (κ1) is 11.9. The number of rotatable bonds is 5. The molecule has 0 radical (unpaired) electrons. The summed E-state index contributed by atoms with van der Waals surface area (Å²) in [5.74, 6) is 1.33. The molecule has 0 saturated heterocycles. The summed E-state index contributed by atoms with van der Waals surface area (Å²) in [5, 5.41) is 13.6. The van der Waals surface area contributed by atoms with Gasteiger partial charge in [-0.2, -0.15) is 0 Å². The van der Waals surface area contributed by atoms with E-state index in [4.69, 9.17) is 10.2 Å². The second kappa shape index (κ2) is 5.17. The zero-order valence-corrected chi connectivity index (χ0v) is 9.50. The standard InChI is InChI=1S/C11H12N4O3/c12-10-6-8(15(16)17)7-11(14-10)13-4-3-9-2-1-5-18-9/h1-2,5-7H,3-4H2,(H3,12,13,14). The number of anilines is 2. The van der Waals surface area contributed by atoms with Crippen molar-refractivity contribution in [2.24, 2.45) is 0 Å².